The maximum Gasteiger partial charge on any atom is 0.269 e. The molecule has 0 fully saturated rings. The minimum atomic E-state index is -0.442. The smallest absolute Gasteiger partial charge is 0.269 e. The minimum absolute atomic E-state index is 0.0293. The lowest BCUT2D eigenvalue weighted by Crippen LogP contribution is -2.42. The van der Waals surface area contributed by atoms with E-state index in [0.29, 0.717) is 28.5 Å². The van der Waals surface area contributed by atoms with Crippen LogP contribution >= 0.6 is 11.6 Å². The highest BCUT2D eigenvalue weighted by Crippen LogP contribution is 2.17. The molecule has 2 amide bonds. The number of ether oxygens (including phenoxy) is 1. The second kappa shape index (κ2) is 9.71. The molecule has 0 aromatic heterocycles. The van der Waals surface area contributed by atoms with Crippen LogP contribution in [-0.2, 0) is 17.8 Å². The zero-order chi connectivity index (χ0) is 20.6. The summed E-state index contributed by atoms with van der Waals surface area (Å²) in [5, 5.41) is 0.637. The van der Waals surface area contributed by atoms with E-state index in [4.69, 9.17) is 16.3 Å². The van der Waals surface area contributed by atoms with Crippen LogP contribution in [0.3, 0.4) is 0 Å². The second-order valence-corrected chi connectivity index (χ2v) is 6.68. The second-order valence-electron chi connectivity index (χ2n) is 6.25. The van der Waals surface area contributed by atoms with Crippen LogP contribution in [0, 0.1) is 5.82 Å². The Balaban J connectivity index is 1.46. The molecule has 0 aliphatic carbocycles. The third-order valence-corrected chi connectivity index (χ3v) is 4.28. The summed E-state index contributed by atoms with van der Waals surface area (Å²) < 4.78 is 18.5. The van der Waals surface area contributed by atoms with Crippen molar-refractivity contribution in [3.63, 3.8) is 0 Å². The first-order chi connectivity index (χ1) is 14.0. The summed E-state index contributed by atoms with van der Waals surface area (Å²) in [5.74, 6) is -0.523. The van der Waals surface area contributed by atoms with Gasteiger partial charge in [-0.3, -0.25) is 20.4 Å². The summed E-state index contributed by atoms with van der Waals surface area (Å²) >= 11 is 5.83. The number of carbonyl (C=O) groups excluding carboxylic acids is 2. The Morgan fingerprint density at radius 3 is 2.10 bits per heavy atom. The Labute approximate surface area is 172 Å². The Morgan fingerprint density at radius 1 is 0.828 bits per heavy atom. The van der Waals surface area contributed by atoms with Crippen LogP contribution in [0.15, 0.2) is 72.8 Å². The summed E-state index contributed by atoms with van der Waals surface area (Å²) in [6.45, 7) is 0.345. The summed E-state index contributed by atoms with van der Waals surface area (Å²) in [7, 11) is 0. The van der Waals surface area contributed by atoms with Crippen molar-refractivity contribution in [3.8, 4) is 5.75 Å². The zero-order valence-electron chi connectivity index (χ0n) is 15.3. The molecule has 0 atom stereocenters. The predicted octanol–water partition coefficient (Wildman–Crippen LogP) is 4.06. The first-order valence-corrected chi connectivity index (χ1v) is 9.18. The van der Waals surface area contributed by atoms with E-state index in [0.717, 1.165) is 5.56 Å². The van der Waals surface area contributed by atoms with Crippen molar-refractivity contribution in [2.24, 2.45) is 0 Å². The molecule has 0 bridgehead atoms. The van der Waals surface area contributed by atoms with E-state index in [1.807, 2.05) is 0 Å². The summed E-state index contributed by atoms with van der Waals surface area (Å²) in [4.78, 5) is 24.0. The fourth-order valence-electron chi connectivity index (χ4n) is 2.48. The number of amides is 2. The average molecular weight is 413 g/mol. The van der Waals surface area contributed by atoms with Crippen LogP contribution < -0.4 is 15.6 Å². The molecule has 5 nitrogen and oxygen atoms in total. The average Bonchev–Trinajstić information content (AvgIpc) is 2.74. The molecule has 3 rings (SSSR count). The number of hydrogen-bond acceptors (Lipinski definition) is 3. The van der Waals surface area contributed by atoms with Gasteiger partial charge >= 0.3 is 0 Å². The molecule has 0 unspecified atom stereocenters. The Hall–Kier alpha value is -3.38. The summed E-state index contributed by atoms with van der Waals surface area (Å²) in [5.41, 5.74) is 6.62. The Morgan fingerprint density at radius 2 is 1.45 bits per heavy atom. The number of rotatable bonds is 6. The molecule has 2 N–H and O–H groups in total. The summed E-state index contributed by atoms with van der Waals surface area (Å²) in [6.07, 6.45) is 0.0293. The van der Waals surface area contributed by atoms with Gasteiger partial charge in [-0.2, -0.15) is 0 Å². The highest BCUT2D eigenvalue weighted by molar-refractivity contribution is 6.30. The molecule has 0 radical (unpaired) electrons. The first kappa shape index (κ1) is 20.4. The molecular weight excluding hydrogens is 395 g/mol. The van der Waals surface area contributed by atoms with Gasteiger partial charge in [-0.1, -0.05) is 35.9 Å². The number of benzene rings is 3. The van der Waals surface area contributed by atoms with Gasteiger partial charge in [0.25, 0.3) is 5.91 Å². The van der Waals surface area contributed by atoms with Crippen LogP contribution in [0.2, 0.25) is 5.02 Å². The van der Waals surface area contributed by atoms with Gasteiger partial charge < -0.3 is 4.74 Å². The van der Waals surface area contributed by atoms with Crippen molar-refractivity contribution in [2.45, 2.75) is 13.0 Å². The van der Waals surface area contributed by atoms with E-state index in [-0.39, 0.29) is 12.2 Å². The Kier molecular flexibility index (Phi) is 6.81. The highest BCUT2D eigenvalue weighted by atomic mass is 35.5. The molecule has 0 aliphatic rings. The molecular formula is C22H18ClFN2O3. The number of hydrazine groups is 1. The monoisotopic (exact) mass is 412 g/mol. The predicted molar refractivity (Wildman–Crippen MR) is 108 cm³/mol. The molecule has 0 spiro atoms. The van der Waals surface area contributed by atoms with Crippen molar-refractivity contribution in [1.29, 1.82) is 0 Å². The van der Waals surface area contributed by atoms with Crippen LogP contribution in [0.25, 0.3) is 0 Å². The zero-order valence-corrected chi connectivity index (χ0v) is 16.1. The van der Waals surface area contributed by atoms with E-state index in [1.165, 1.54) is 24.3 Å². The topological polar surface area (TPSA) is 67.4 Å². The fraction of sp³-hybridized carbons (Fsp3) is 0.0909. The quantitative estimate of drug-likeness (QED) is 0.600. The molecule has 0 saturated carbocycles. The molecule has 0 heterocycles. The summed E-state index contributed by atoms with van der Waals surface area (Å²) in [6, 6.07) is 19.4. The van der Waals surface area contributed by atoms with Gasteiger partial charge in [-0.25, -0.2) is 4.39 Å². The maximum atomic E-state index is 12.9. The largest absolute Gasteiger partial charge is 0.489 e. The Bertz CT molecular complexity index is 974. The molecule has 3 aromatic carbocycles. The standard InChI is InChI=1S/C22H18ClFN2O3/c23-18-7-11-20(12-8-18)29-14-16-1-5-17(6-2-16)22(28)26-25-21(27)13-15-3-9-19(24)10-4-15/h1-12H,13-14H2,(H,25,27)(H,26,28). The van der Waals surface area contributed by atoms with E-state index in [1.54, 1.807) is 48.5 Å². The van der Waals surface area contributed by atoms with Crippen molar-refractivity contribution < 1.29 is 18.7 Å². The first-order valence-electron chi connectivity index (χ1n) is 8.80. The number of nitrogens with one attached hydrogen (secondary N) is 2. The minimum Gasteiger partial charge on any atom is -0.489 e. The molecule has 148 valence electrons. The van der Waals surface area contributed by atoms with E-state index >= 15 is 0 Å². The molecule has 3 aromatic rings. The lowest BCUT2D eigenvalue weighted by atomic mass is 10.1. The maximum absolute atomic E-state index is 12.9. The van der Waals surface area contributed by atoms with Crippen molar-refractivity contribution in [1.82, 2.24) is 10.9 Å². The number of carbonyl (C=O) groups is 2. The lowest BCUT2D eigenvalue weighted by molar-refractivity contribution is -0.121. The van der Waals surface area contributed by atoms with Gasteiger partial charge in [0.05, 0.1) is 6.42 Å². The van der Waals surface area contributed by atoms with Crippen LogP contribution in [0.1, 0.15) is 21.5 Å². The molecule has 0 saturated heterocycles. The molecule has 7 heteroatoms. The van der Waals surface area contributed by atoms with Crippen LogP contribution in [-0.4, -0.2) is 11.8 Å². The van der Waals surface area contributed by atoms with E-state index in [2.05, 4.69) is 10.9 Å². The highest BCUT2D eigenvalue weighted by Gasteiger charge is 2.08. The van der Waals surface area contributed by atoms with E-state index in [9.17, 15) is 14.0 Å². The molecule has 0 aliphatic heterocycles. The van der Waals surface area contributed by atoms with Crippen LogP contribution in [0.5, 0.6) is 5.75 Å². The number of halogens is 2. The SMILES string of the molecule is O=C(Cc1ccc(F)cc1)NNC(=O)c1ccc(COc2ccc(Cl)cc2)cc1. The van der Waals surface area contributed by atoms with Crippen molar-refractivity contribution >= 4 is 23.4 Å². The van der Waals surface area contributed by atoms with Gasteiger partial charge in [0.1, 0.15) is 18.2 Å². The van der Waals surface area contributed by atoms with Crippen LogP contribution in [0.4, 0.5) is 4.39 Å². The lowest BCUT2D eigenvalue weighted by Gasteiger charge is -2.09. The van der Waals surface area contributed by atoms with Gasteiger partial charge in [0.2, 0.25) is 5.91 Å². The molecule has 29 heavy (non-hydrogen) atoms. The van der Waals surface area contributed by atoms with E-state index < -0.39 is 11.8 Å². The normalized spacial score (nSPS) is 10.3. The van der Waals surface area contributed by atoms with Gasteiger partial charge in [-0.05, 0) is 59.7 Å². The van der Waals surface area contributed by atoms with Gasteiger partial charge in [-0.15, -0.1) is 0 Å². The fourth-order valence-corrected chi connectivity index (χ4v) is 2.61. The third-order valence-electron chi connectivity index (χ3n) is 4.03. The third kappa shape index (κ3) is 6.33. The number of hydrogen-bond donors (Lipinski definition) is 2. The van der Waals surface area contributed by atoms with Gasteiger partial charge in [0.15, 0.2) is 0 Å². The van der Waals surface area contributed by atoms with Gasteiger partial charge in [0, 0.05) is 10.6 Å². The van der Waals surface area contributed by atoms with Crippen molar-refractivity contribution in [3.05, 3.63) is 100 Å². The van der Waals surface area contributed by atoms with Crippen molar-refractivity contribution in [2.75, 3.05) is 0 Å².